The Bertz CT molecular complexity index is 404. The molecule has 1 heterocycles. The molecule has 1 amide bonds. The van der Waals surface area contributed by atoms with E-state index in [1.165, 1.54) is 0 Å². The number of amides is 1. The minimum Gasteiger partial charge on any atom is -0.353 e. The molecule has 0 bridgehead atoms. The van der Waals surface area contributed by atoms with Gasteiger partial charge in [0.15, 0.2) is 0 Å². The molecular weight excluding hydrogens is 236 g/mol. The Morgan fingerprint density at radius 2 is 2.24 bits per heavy atom. The van der Waals surface area contributed by atoms with Crippen molar-refractivity contribution in [3.05, 3.63) is 34.9 Å². The van der Waals surface area contributed by atoms with E-state index >= 15 is 0 Å². The zero-order valence-electron chi connectivity index (χ0n) is 9.87. The highest BCUT2D eigenvalue weighted by molar-refractivity contribution is 6.31. The van der Waals surface area contributed by atoms with E-state index in [0.29, 0.717) is 0 Å². The molecule has 0 aromatic heterocycles. The first-order chi connectivity index (χ1) is 8.16. The van der Waals surface area contributed by atoms with Crippen LogP contribution in [0.1, 0.15) is 12.5 Å². The fourth-order valence-electron chi connectivity index (χ4n) is 1.88. The summed E-state index contributed by atoms with van der Waals surface area (Å²) in [5.41, 5.74) is 1.08. The summed E-state index contributed by atoms with van der Waals surface area (Å²) in [6.07, 6.45) is 0.769. The van der Waals surface area contributed by atoms with Crippen LogP contribution in [0.15, 0.2) is 24.3 Å². The molecule has 0 radical (unpaired) electrons. The minimum absolute atomic E-state index is 0.114. The molecule has 1 aromatic rings. The van der Waals surface area contributed by atoms with Crippen molar-refractivity contribution in [3.8, 4) is 0 Å². The van der Waals surface area contributed by atoms with Gasteiger partial charge in [0.25, 0.3) is 0 Å². The molecule has 1 aliphatic heterocycles. The maximum Gasteiger partial charge on any atom is 0.225 e. The lowest BCUT2D eigenvalue weighted by Crippen LogP contribution is -2.52. The van der Waals surface area contributed by atoms with Gasteiger partial charge in [0.1, 0.15) is 0 Å². The van der Waals surface area contributed by atoms with Gasteiger partial charge in [-0.3, -0.25) is 4.79 Å². The number of carbonyl (C=O) groups excluding carboxylic acids is 1. The molecule has 2 rings (SSSR count). The van der Waals surface area contributed by atoms with Crippen molar-refractivity contribution in [3.63, 3.8) is 0 Å². The van der Waals surface area contributed by atoms with Gasteiger partial charge in [-0.2, -0.15) is 0 Å². The van der Waals surface area contributed by atoms with Crippen LogP contribution in [0.3, 0.4) is 0 Å². The maximum absolute atomic E-state index is 11.7. The van der Waals surface area contributed by atoms with Crippen molar-refractivity contribution in [2.45, 2.75) is 19.4 Å². The molecule has 3 nitrogen and oxygen atoms in total. The van der Waals surface area contributed by atoms with Gasteiger partial charge in [0.2, 0.25) is 5.91 Å². The number of hydrogen-bond donors (Lipinski definition) is 2. The number of hydrogen-bond acceptors (Lipinski definition) is 2. The summed E-state index contributed by atoms with van der Waals surface area (Å²) >= 11 is 6.08. The summed E-state index contributed by atoms with van der Waals surface area (Å²) in [5.74, 6) is 0.284. The molecule has 0 spiro atoms. The van der Waals surface area contributed by atoms with E-state index < -0.39 is 0 Å². The average molecular weight is 253 g/mol. The van der Waals surface area contributed by atoms with E-state index in [9.17, 15) is 4.79 Å². The second kappa shape index (κ2) is 5.52. The Labute approximate surface area is 107 Å². The number of benzene rings is 1. The monoisotopic (exact) mass is 252 g/mol. The highest BCUT2D eigenvalue weighted by Gasteiger charge is 2.25. The molecule has 17 heavy (non-hydrogen) atoms. The number of carbonyl (C=O) groups is 1. The van der Waals surface area contributed by atoms with Crippen LogP contribution in [0.5, 0.6) is 0 Å². The fraction of sp³-hybridized carbons (Fsp3) is 0.462. The van der Waals surface area contributed by atoms with Crippen LogP contribution in [-0.4, -0.2) is 25.0 Å². The Kier molecular flexibility index (Phi) is 4.02. The van der Waals surface area contributed by atoms with Crippen LogP contribution < -0.4 is 10.6 Å². The summed E-state index contributed by atoms with van der Waals surface area (Å²) in [6.45, 7) is 3.60. The smallest absolute Gasteiger partial charge is 0.225 e. The summed E-state index contributed by atoms with van der Waals surface area (Å²) < 4.78 is 0. The molecular formula is C13H17ClN2O. The van der Waals surface area contributed by atoms with Crippen LogP contribution >= 0.6 is 11.6 Å². The van der Waals surface area contributed by atoms with Crippen molar-refractivity contribution in [1.82, 2.24) is 10.6 Å². The van der Waals surface area contributed by atoms with Crippen LogP contribution in [0.25, 0.3) is 0 Å². The van der Waals surface area contributed by atoms with Crippen molar-refractivity contribution in [2.24, 2.45) is 5.92 Å². The maximum atomic E-state index is 11.7. The standard InChI is InChI=1S/C13H17ClN2O/c1-9(16-13(17)11-7-15-8-11)6-10-4-2-3-5-12(10)14/h2-5,9,11,15H,6-8H2,1H3,(H,16,17). The summed E-state index contributed by atoms with van der Waals surface area (Å²) in [7, 11) is 0. The topological polar surface area (TPSA) is 41.1 Å². The molecule has 1 unspecified atom stereocenters. The third-order valence-corrected chi connectivity index (χ3v) is 3.39. The van der Waals surface area contributed by atoms with Crippen molar-refractivity contribution < 1.29 is 4.79 Å². The molecule has 1 aliphatic rings. The Morgan fingerprint density at radius 3 is 2.82 bits per heavy atom. The normalized spacial score (nSPS) is 17.3. The van der Waals surface area contributed by atoms with Gasteiger partial charge in [-0.25, -0.2) is 0 Å². The zero-order chi connectivity index (χ0) is 12.3. The summed E-state index contributed by atoms with van der Waals surface area (Å²) in [4.78, 5) is 11.7. The predicted octanol–water partition coefficient (Wildman–Crippen LogP) is 1.61. The lowest BCUT2D eigenvalue weighted by atomic mass is 10.0. The van der Waals surface area contributed by atoms with Gasteiger partial charge in [-0.05, 0) is 25.0 Å². The molecule has 0 saturated carbocycles. The molecule has 0 aliphatic carbocycles. The third-order valence-electron chi connectivity index (χ3n) is 3.02. The number of rotatable bonds is 4. The zero-order valence-corrected chi connectivity index (χ0v) is 10.6. The highest BCUT2D eigenvalue weighted by Crippen LogP contribution is 2.16. The third kappa shape index (κ3) is 3.20. The molecule has 2 N–H and O–H groups in total. The lowest BCUT2D eigenvalue weighted by molar-refractivity contribution is -0.127. The first-order valence-electron chi connectivity index (χ1n) is 5.91. The van der Waals surface area contributed by atoms with E-state index in [1.54, 1.807) is 0 Å². The van der Waals surface area contributed by atoms with Crippen LogP contribution in [-0.2, 0) is 11.2 Å². The van der Waals surface area contributed by atoms with E-state index in [1.807, 2.05) is 31.2 Å². The second-order valence-corrected chi connectivity index (χ2v) is 4.97. The second-order valence-electron chi connectivity index (χ2n) is 4.56. The molecule has 1 saturated heterocycles. The molecule has 1 aromatic carbocycles. The van der Waals surface area contributed by atoms with Crippen LogP contribution in [0.2, 0.25) is 5.02 Å². The summed E-state index contributed by atoms with van der Waals surface area (Å²) in [6, 6.07) is 7.86. The van der Waals surface area contributed by atoms with E-state index in [-0.39, 0.29) is 17.9 Å². The molecule has 1 fully saturated rings. The van der Waals surface area contributed by atoms with Crippen molar-refractivity contribution in [2.75, 3.05) is 13.1 Å². The van der Waals surface area contributed by atoms with Crippen molar-refractivity contribution >= 4 is 17.5 Å². The SMILES string of the molecule is CC(Cc1ccccc1Cl)NC(=O)C1CNC1. The first-order valence-corrected chi connectivity index (χ1v) is 6.29. The van der Waals surface area contributed by atoms with Crippen LogP contribution in [0.4, 0.5) is 0 Å². The Hall–Kier alpha value is -1.06. The minimum atomic E-state index is 0.114. The van der Waals surface area contributed by atoms with E-state index in [0.717, 1.165) is 30.1 Å². The largest absolute Gasteiger partial charge is 0.353 e. The van der Waals surface area contributed by atoms with Crippen molar-refractivity contribution in [1.29, 1.82) is 0 Å². The molecule has 1 atom stereocenters. The van der Waals surface area contributed by atoms with Gasteiger partial charge in [-0.15, -0.1) is 0 Å². The van der Waals surface area contributed by atoms with Gasteiger partial charge in [0.05, 0.1) is 5.92 Å². The quantitative estimate of drug-likeness (QED) is 0.855. The first kappa shape index (κ1) is 12.4. The molecule has 92 valence electrons. The average Bonchev–Trinajstić information content (AvgIpc) is 2.18. The number of halogens is 1. The fourth-order valence-corrected chi connectivity index (χ4v) is 2.09. The van der Waals surface area contributed by atoms with Gasteiger partial charge in [0, 0.05) is 24.2 Å². The highest BCUT2D eigenvalue weighted by atomic mass is 35.5. The van der Waals surface area contributed by atoms with Crippen LogP contribution in [0, 0.1) is 5.92 Å². The molecule has 4 heteroatoms. The van der Waals surface area contributed by atoms with Gasteiger partial charge in [-0.1, -0.05) is 29.8 Å². The number of nitrogens with one attached hydrogen (secondary N) is 2. The lowest BCUT2D eigenvalue weighted by Gasteiger charge is -2.27. The Balaban J connectivity index is 1.86. The van der Waals surface area contributed by atoms with Gasteiger partial charge >= 0.3 is 0 Å². The summed E-state index contributed by atoms with van der Waals surface area (Å²) in [5, 5.41) is 6.88. The Morgan fingerprint density at radius 1 is 1.53 bits per heavy atom. The predicted molar refractivity (Wildman–Crippen MR) is 69.1 cm³/mol. The van der Waals surface area contributed by atoms with E-state index in [4.69, 9.17) is 11.6 Å². The van der Waals surface area contributed by atoms with Gasteiger partial charge < -0.3 is 10.6 Å². The van der Waals surface area contributed by atoms with E-state index in [2.05, 4.69) is 10.6 Å².